The minimum absolute atomic E-state index is 0.0801. The van der Waals surface area contributed by atoms with Crippen LogP contribution in [0.2, 0.25) is 5.02 Å². The topological polar surface area (TPSA) is 83.9 Å². The molecule has 9 heteroatoms. The van der Waals surface area contributed by atoms with Gasteiger partial charge in [0.15, 0.2) is 5.82 Å². The number of hydroxylamine groups is 1. The van der Waals surface area contributed by atoms with Crippen LogP contribution in [0, 0.1) is 5.82 Å². The second-order valence-electron chi connectivity index (χ2n) is 3.79. The number of hydrogen-bond acceptors (Lipinski definition) is 4. The number of aromatic carboxylic acids is 1. The van der Waals surface area contributed by atoms with Gasteiger partial charge in [-0.1, -0.05) is 16.1 Å². The molecule has 0 spiro atoms. The molecule has 0 atom stereocenters. The second-order valence-corrected chi connectivity index (χ2v) is 6.02. The molecule has 19 heavy (non-hydrogen) atoms. The molecule has 1 aromatic rings. The van der Waals surface area contributed by atoms with Gasteiger partial charge in [-0.25, -0.2) is 17.6 Å². The molecule has 0 bridgehead atoms. The molecule has 1 aliphatic rings. The lowest BCUT2D eigenvalue weighted by Crippen LogP contribution is -2.28. The van der Waals surface area contributed by atoms with Gasteiger partial charge in [-0.3, -0.25) is 4.84 Å². The summed E-state index contributed by atoms with van der Waals surface area (Å²) in [5.74, 6) is -2.95. The smallest absolute Gasteiger partial charge is 0.338 e. The van der Waals surface area contributed by atoms with Gasteiger partial charge in [-0.2, -0.15) is 0 Å². The van der Waals surface area contributed by atoms with E-state index in [9.17, 15) is 17.6 Å². The van der Waals surface area contributed by atoms with E-state index in [2.05, 4.69) is 0 Å². The lowest BCUT2D eigenvalue weighted by molar-refractivity contribution is -0.0286. The molecule has 0 unspecified atom stereocenters. The number of sulfonamides is 1. The zero-order valence-corrected chi connectivity index (χ0v) is 11.0. The molecule has 6 nitrogen and oxygen atoms in total. The number of carbonyl (C=O) groups is 1. The molecule has 2 rings (SSSR count). The summed E-state index contributed by atoms with van der Waals surface area (Å²) in [6.45, 7) is 0.282. The summed E-state index contributed by atoms with van der Waals surface area (Å²) in [6, 6.07) is 1.71. The molecule has 1 aromatic carbocycles. The van der Waals surface area contributed by atoms with Gasteiger partial charge in [-0.05, 0) is 18.6 Å². The van der Waals surface area contributed by atoms with E-state index in [-0.39, 0.29) is 18.2 Å². The van der Waals surface area contributed by atoms with Crippen LogP contribution in [0.3, 0.4) is 0 Å². The van der Waals surface area contributed by atoms with Gasteiger partial charge in [0.25, 0.3) is 10.0 Å². The van der Waals surface area contributed by atoms with E-state index in [0.29, 0.717) is 10.9 Å². The summed E-state index contributed by atoms with van der Waals surface area (Å²) in [5, 5.41) is 8.62. The van der Waals surface area contributed by atoms with Crippen molar-refractivity contribution in [2.45, 2.75) is 11.3 Å². The van der Waals surface area contributed by atoms with E-state index >= 15 is 0 Å². The lowest BCUT2D eigenvalue weighted by Gasteiger charge is -2.15. The van der Waals surface area contributed by atoms with Crippen LogP contribution in [0.5, 0.6) is 0 Å². The van der Waals surface area contributed by atoms with Gasteiger partial charge in [0.1, 0.15) is 4.90 Å². The van der Waals surface area contributed by atoms with Gasteiger partial charge in [0, 0.05) is 11.6 Å². The Morgan fingerprint density at radius 3 is 2.68 bits per heavy atom. The maximum Gasteiger partial charge on any atom is 0.338 e. The van der Waals surface area contributed by atoms with Crippen LogP contribution in [0.25, 0.3) is 0 Å². The van der Waals surface area contributed by atoms with Crippen molar-refractivity contribution < 1.29 is 27.5 Å². The fourth-order valence-corrected chi connectivity index (χ4v) is 3.33. The standard InChI is InChI=1S/C10H9ClFNO5S/c11-6-4-7(10(14)15)9(12)8(5-6)19(16,17)13-2-1-3-18-13/h4-5H,1-3H2,(H,14,15). The second kappa shape index (κ2) is 5.04. The number of benzene rings is 1. The van der Waals surface area contributed by atoms with E-state index in [1.807, 2.05) is 0 Å². The first-order valence-corrected chi connectivity index (χ1v) is 7.04. The number of nitrogens with zero attached hydrogens (tertiary/aromatic N) is 1. The molecule has 1 aliphatic heterocycles. The highest BCUT2D eigenvalue weighted by Crippen LogP contribution is 2.27. The number of halogens is 2. The molecular formula is C10H9ClFNO5S. The molecule has 1 saturated heterocycles. The highest BCUT2D eigenvalue weighted by molar-refractivity contribution is 7.89. The predicted octanol–water partition coefficient (Wildman–Crippen LogP) is 1.50. The van der Waals surface area contributed by atoms with Gasteiger partial charge < -0.3 is 5.11 Å². The Morgan fingerprint density at radius 2 is 2.16 bits per heavy atom. The monoisotopic (exact) mass is 309 g/mol. The van der Waals surface area contributed by atoms with Crippen LogP contribution in [0.4, 0.5) is 4.39 Å². The summed E-state index contributed by atoms with van der Waals surface area (Å²) in [4.78, 5) is 14.9. The van der Waals surface area contributed by atoms with Gasteiger partial charge in [0.2, 0.25) is 0 Å². The van der Waals surface area contributed by atoms with Gasteiger partial charge in [0.05, 0.1) is 12.2 Å². The summed E-state index contributed by atoms with van der Waals surface area (Å²) in [5.41, 5.74) is -0.801. The highest BCUT2D eigenvalue weighted by Gasteiger charge is 2.33. The highest BCUT2D eigenvalue weighted by atomic mass is 35.5. The lowest BCUT2D eigenvalue weighted by atomic mass is 10.2. The van der Waals surface area contributed by atoms with Crippen molar-refractivity contribution in [2.24, 2.45) is 0 Å². The summed E-state index contributed by atoms with van der Waals surface area (Å²) >= 11 is 5.63. The third kappa shape index (κ3) is 2.57. The van der Waals surface area contributed by atoms with Crippen LogP contribution in [0.1, 0.15) is 16.8 Å². The van der Waals surface area contributed by atoms with Crippen LogP contribution in [-0.4, -0.2) is 37.1 Å². The number of hydrogen-bond donors (Lipinski definition) is 1. The van der Waals surface area contributed by atoms with Crippen LogP contribution >= 0.6 is 11.6 Å². The number of carboxylic acid groups (broad SMARTS) is 1. The third-order valence-corrected chi connectivity index (χ3v) is 4.40. The van der Waals surface area contributed by atoms with Crippen LogP contribution in [0.15, 0.2) is 17.0 Å². The SMILES string of the molecule is O=C(O)c1cc(Cl)cc(S(=O)(=O)N2CCCO2)c1F. The van der Waals surface area contributed by atoms with Crippen LogP contribution < -0.4 is 0 Å². The quantitative estimate of drug-likeness (QED) is 0.915. The fourth-order valence-electron chi connectivity index (χ4n) is 1.63. The van der Waals surface area contributed by atoms with Gasteiger partial charge >= 0.3 is 5.97 Å². The average Bonchev–Trinajstić information content (AvgIpc) is 2.85. The van der Waals surface area contributed by atoms with Crippen LogP contribution in [-0.2, 0) is 14.9 Å². The summed E-state index contributed by atoms with van der Waals surface area (Å²) in [6.07, 6.45) is 0.479. The Morgan fingerprint density at radius 1 is 1.47 bits per heavy atom. The van der Waals surface area contributed by atoms with Crippen molar-refractivity contribution in [1.29, 1.82) is 0 Å². The first kappa shape index (κ1) is 14.2. The van der Waals surface area contributed by atoms with E-state index < -0.39 is 32.3 Å². The largest absolute Gasteiger partial charge is 0.478 e. The maximum absolute atomic E-state index is 14.0. The molecule has 0 radical (unpaired) electrons. The Hall–Kier alpha value is -1.22. The van der Waals surface area contributed by atoms with E-state index in [4.69, 9.17) is 21.5 Å². The Kier molecular flexibility index (Phi) is 3.77. The Labute approximate surface area is 113 Å². The predicted molar refractivity (Wildman–Crippen MR) is 62.8 cm³/mol. The van der Waals surface area contributed by atoms with E-state index in [1.165, 1.54) is 0 Å². The molecule has 0 aromatic heterocycles. The molecule has 1 heterocycles. The van der Waals surface area contributed by atoms with Crippen molar-refractivity contribution in [1.82, 2.24) is 4.47 Å². The molecule has 0 amide bonds. The van der Waals surface area contributed by atoms with Crippen molar-refractivity contribution in [3.05, 3.63) is 28.5 Å². The Balaban J connectivity index is 2.59. The number of rotatable bonds is 3. The molecule has 1 N–H and O–H groups in total. The van der Waals surface area contributed by atoms with E-state index in [1.54, 1.807) is 0 Å². The fraction of sp³-hybridized carbons (Fsp3) is 0.300. The van der Waals surface area contributed by atoms with Gasteiger partial charge in [-0.15, -0.1) is 0 Å². The minimum atomic E-state index is -4.26. The number of carboxylic acids is 1. The minimum Gasteiger partial charge on any atom is -0.478 e. The maximum atomic E-state index is 14.0. The normalized spacial score (nSPS) is 16.7. The molecule has 0 aliphatic carbocycles. The first-order valence-electron chi connectivity index (χ1n) is 5.22. The van der Waals surface area contributed by atoms with Crippen molar-refractivity contribution >= 4 is 27.6 Å². The average molecular weight is 310 g/mol. The molecule has 104 valence electrons. The third-order valence-electron chi connectivity index (χ3n) is 2.50. The molecule has 1 fully saturated rings. The first-order chi connectivity index (χ1) is 8.84. The van der Waals surface area contributed by atoms with Crippen molar-refractivity contribution in [3.63, 3.8) is 0 Å². The molecule has 0 saturated carbocycles. The van der Waals surface area contributed by atoms with Crippen molar-refractivity contribution in [2.75, 3.05) is 13.2 Å². The zero-order valence-electron chi connectivity index (χ0n) is 9.47. The Bertz CT molecular complexity index is 627. The summed E-state index contributed by atoms with van der Waals surface area (Å²) in [7, 11) is -4.26. The molecular weight excluding hydrogens is 301 g/mol. The summed E-state index contributed by atoms with van der Waals surface area (Å²) < 4.78 is 38.8. The zero-order chi connectivity index (χ0) is 14.2. The van der Waals surface area contributed by atoms with Crippen molar-refractivity contribution in [3.8, 4) is 0 Å². The van der Waals surface area contributed by atoms with E-state index in [0.717, 1.165) is 12.1 Å².